The van der Waals surface area contributed by atoms with Gasteiger partial charge in [0.1, 0.15) is 17.8 Å². The molecule has 41 heavy (non-hydrogen) atoms. The number of likely N-dealkylation sites (tertiary alicyclic amines) is 1. The molecule has 5 rings (SSSR count). The van der Waals surface area contributed by atoms with E-state index in [4.69, 9.17) is 28.1 Å². The summed E-state index contributed by atoms with van der Waals surface area (Å²) < 4.78 is 33.0. The lowest BCUT2D eigenvalue weighted by molar-refractivity contribution is -0.149. The average Bonchev–Trinajstić information content (AvgIpc) is 3.66. The summed E-state index contributed by atoms with van der Waals surface area (Å²) >= 11 is 0. The highest BCUT2D eigenvalue weighted by molar-refractivity contribution is 5.92. The highest BCUT2D eigenvalue weighted by Crippen LogP contribution is 2.33. The van der Waals surface area contributed by atoms with E-state index in [1.165, 1.54) is 6.26 Å². The van der Waals surface area contributed by atoms with Crippen molar-refractivity contribution >= 4 is 11.9 Å². The number of carbonyl (C=O) groups is 2. The van der Waals surface area contributed by atoms with Crippen LogP contribution in [0, 0.1) is 5.92 Å². The standard InChI is InChI=1S/C30H35N3O8/c1-4-38-30(35)21-6-5-11-33(16-21)29(34)24-18-39-28(31-24)17-32(14-20-7-9-26-27(12-20)41-19-40-26)15-22-13-23(36-2)8-10-25(22)37-3/h7-10,12-13,18,21H,4-6,11,14-17,19H2,1-3H3/t21-/m1/s1. The van der Waals surface area contributed by atoms with E-state index < -0.39 is 0 Å². The van der Waals surface area contributed by atoms with E-state index in [0.717, 1.165) is 29.0 Å². The van der Waals surface area contributed by atoms with Crippen LogP contribution in [0.25, 0.3) is 0 Å². The average molecular weight is 566 g/mol. The van der Waals surface area contributed by atoms with Crippen LogP contribution >= 0.6 is 0 Å². The Morgan fingerprint density at radius 1 is 1.05 bits per heavy atom. The van der Waals surface area contributed by atoms with Gasteiger partial charge in [0.15, 0.2) is 17.2 Å². The Kier molecular flexibility index (Phi) is 8.93. The lowest BCUT2D eigenvalue weighted by Gasteiger charge is -2.30. The molecule has 0 bridgehead atoms. The largest absolute Gasteiger partial charge is 0.497 e. The lowest BCUT2D eigenvalue weighted by Crippen LogP contribution is -2.43. The Balaban J connectivity index is 1.33. The summed E-state index contributed by atoms with van der Waals surface area (Å²) in [6.45, 7) is 4.53. The molecule has 11 nitrogen and oxygen atoms in total. The molecule has 2 aromatic carbocycles. The number of hydrogen-bond acceptors (Lipinski definition) is 10. The number of nitrogens with zero attached hydrogens (tertiary/aromatic N) is 3. The molecule has 218 valence electrons. The second-order valence-corrected chi connectivity index (χ2v) is 9.98. The van der Waals surface area contributed by atoms with Crippen LogP contribution in [0.4, 0.5) is 0 Å². The van der Waals surface area contributed by atoms with Gasteiger partial charge in [-0.05, 0) is 55.7 Å². The first-order valence-electron chi connectivity index (χ1n) is 13.7. The Labute approximate surface area is 238 Å². The maximum atomic E-state index is 13.3. The van der Waals surface area contributed by atoms with Gasteiger partial charge in [0, 0.05) is 31.7 Å². The van der Waals surface area contributed by atoms with Gasteiger partial charge in [-0.3, -0.25) is 14.5 Å². The predicted octanol–water partition coefficient (Wildman–Crippen LogP) is 4.04. The molecule has 0 radical (unpaired) electrons. The minimum atomic E-state index is -0.325. The molecule has 1 fully saturated rings. The predicted molar refractivity (Wildman–Crippen MR) is 147 cm³/mol. The van der Waals surface area contributed by atoms with Crippen LogP contribution in [-0.2, 0) is 29.2 Å². The normalized spacial score (nSPS) is 16.1. The first-order valence-corrected chi connectivity index (χ1v) is 13.7. The topological polar surface area (TPSA) is 113 Å². The molecule has 1 saturated heterocycles. The summed E-state index contributed by atoms with van der Waals surface area (Å²) in [6.07, 6.45) is 2.82. The summed E-state index contributed by atoms with van der Waals surface area (Å²) in [4.78, 5) is 33.8. The van der Waals surface area contributed by atoms with Crippen molar-refractivity contribution < 1.29 is 37.7 Å². The molecule has 3 heterocycles. The first kappa shape index (κ1) is 28.3. The zero-order chi connectivity index (χ0) is 28.8. The first-order chi connectivity index (χ1) is 20.0. The fraction of sp³-hybridized carbons (Fsp3) is 0.433. The van der Waals surface area contributed by atoms with E-state index >= 15 is 0 Å². The minimum absolute atomic E-state index is 0.203. The lowest BCUT2D eigenvalue weighted by atomic mass is 9.98. The van der Waals surface area contributed by atoms with Gasteiger partial charge < -0.3 is 33.0 Å². The zero-order valence-corrected chi connectivity index (χ0v) is 23.6. The van der Waals surface area contributed by atoms with Crippen LogP contribution in [0.15, 0.2) is 47.1 Å². The fourth-order valence-corrected chi connectivity index (χ4v) is 5.16. The number of ether oxygens (including phenoxy) is 5. The second kappa shape index (κ2) is 12.9. The molecule has 1 atom stereocenters. The van der Waals surface area contributed by atoms with Gasteiger partial charge in [0.25, 0.3) is 5.91 Å². The molecule has 0 N–H and O–H groups in total. The number of benzene rings is 2. The number of piperidine rings is 1. The van der Waals surface area contributed by atoms with Gasteiger partial charge in [-0.25, -0.2) is 4.98 Å². The fourth-order valence-electron chi connectivity index (χ4n) is 5.16. The van der Waals surface area contributed by atoms with E-state index in [1.807, 2.05) is 36.4 Å². The SMILES string of the molecule is CCOC(=O)[C@@H]1CCCN(C(=O)c2coc(CN(Cc3ccc4c(c3)OCO4)Cc3cc(OC)ccc3OC)n2)C1. The van der Waals surface area contributed by atoms with Gasteiger partial charge >= 0.3 is 5.97 Å². The number of fused-ring (bicyclic) bond motifs is 1. The number of amides is 1. The number of oxazole rings is 1. The van der Waals surface area contributed by atoms with Crippen LogP contribution in [0.3, 0.4) is 0 Å². The van der Waals surface area contributed by atoms with Crippen molar-refractivity contribution in [1.82, 2.24) is 14.8 Å². The second-order valence-electron chi connectivity index (χ2n) is 9.98. The molecule has 2 aliphatic heterocycles. The zero-order valence-electron chi connectivity index (χ0n) is 23.6. The van der Waals surface area contributed by atoms with Crippen LogP contribution < -0.4 is 18.9 Å². The van der Waals surface area contributed by atoms with Crippen molar-refractivity contribution in [2.45, 2.75) is 39.4 Å². The smallest absolute Gasteiger partial charge is 0.310 e. The maximum absolute atomic E-state index is 13.3. The summed E-state index contributed by atoms with van der Waals surface area (Å²) in [5.74, 6) is 2.41. The number of rotatable bonds is 11. The highest BCUT2D eigenvalue weighted by atomic mass is 16.7. The minimum Gasteiger partial charge on any atom is -0.497 e. The number of carbonyl (C=O) groups excluding carboxylic acids is 2. The number of aromatic nitrogens is 1. The van der Waals surface area contributed by atoms with Crippen LogP contribution in [0.2, 0.25) is 0 Å². The third-order valence-corrected chi connectivity index (χ3v) is 7.18. The molecular weight excluding hydrogens is 530 g/mol. The molecule has 0 unspecified atom stereocenters. The molecule has 0 spiro atoms. The molecular formula is C30H35N3O8. The van der Waals surface area contributed by atoms with Crippen molar-refractivity contribution in [3.05, 3.63) is 65.4 Å². The number of hydrogen-bond donors (Lipinski definition) is 0. The highest BCUT2D eigenvalue weighted by Gasteiger charge is 2.31. The van der Waals surface area contributed by atoms with E-state index in [0.29, 0.717) is 63.1 Å². The quantitative estimate of drug-likeness (QED) is 0.316. The third kappa shape index (κ3) is 6.74. The summed E-state index contributed by atoms with van der Waals surface area (Å²) in [6, 6.07) is 11.5. The molecule has 2 aliphatic rings. The Bertz CT molecular complexity index is 1370. The van der Waals surface area contributed by atoms with Crippen LogP contribution in [0.5, 0.6) is 23.0 Å². The van der Waals surface area contributed by atoms with Gasteiger partial charge in [-0.15, -0.1) is 0 Å². The summed E-state index contributed by atoms with van der Waals surface area (Å²) in [5.41, 5.74) is 2.15. The Morgan fingerprint density at radius 2 is 1.90 bits per heavy atom. The van der Waals surface area contributed by atoms with Crippen molar-refractivity contribution in [3.63, 3.8) is 0 Å². The van der Waals surface area contributed by atoms with E-state index in [1.54, 1.807) is 26.0 Å². The monoisotopic (exact) mass is 565 g/mol. The molecule has 1 aromatic heterocycles. The summed E-state index contributed by atoms with van der Waals surface area (Å²) in [7, 11) is 3.26. The van der Waals surface area contributed by atoms with E-state index in [2.05, 4.69) is 9.88 Å². The molecule has 0 aliphatic carbocycles. The number of esters is 1. The van der Waals surface area contributed by atoms with Gasteiger partial charge in [-0.2, -0.15) is 0 Å². The third-order valence-electron chi connectivity index (χ3n) is 7.18. The molecule has 3 aromatic rings. The van der Waals surface area contributed by atoms with Gasteiger partial charge in [-0.1, -0.05) is 6.07 Å². The molecule has 0 saturated carbocycles. The van der Waals surface area contributed by atoms with Gasteiger partial charge in [0.2, 0.25) is 12.7 Å². The van der Waals surface area contributed by atoms with E-state index in [9.17, 15) is 9.59 Å². The number of methoxy groups -OCH3 is 2. The Morgan fingerprint density at radius 3 is 2.71 bits per heavy atom. The van der Waals surface area contributed by atoms with Crippen LogP contribution in [-0.4, -0.2) is 67.4 Å². The maximum Gasteiger partial charge on any atom is 0.310 e. The Hall–Kier alpha value is -4.25. The van der Waals surface area contributed by atoms with Crippen molar-refractivity contribution in [2.75, 3.05) is 40.7 Å². The molecule has 1 amide bonds. The van der Waals surface area contributed by atoms with Gasteiger partial charge in [0.05, 0.1) is 33.3 Å². The molecule has 11 heteroatoms. The van der Waals surface area contributed by atoms with Crippen molar-refractivity contribution in [3.8, 4) is 23.0 Å². The van der Waals surface area contributed by atoms with Crippen molar-refractivity contribution in [2.24, 2.45) is 5.92 Å². The van der Waals surface area contributed by atoms with Crippen molar-refractivity contribution in [1.29, 1.82) is 0 Å². The van der Waals surface area contributed by atoms with E-state index in [-0.39, 0.29) is 30.3 Å². The summed E-state index contributed by atoms with van der Waals surface area (Å²) in [5, 5.41) is 0. The van der Waals surface area contributed by atoms with Crippen LogP contribution in [0.1, 0.15) is 47.3 Å².